The van der Waals surface area contributed by atoms with Crippen LogP contribution in [0.3, 0.4) is 0 Å². The minimum Gasteiger partial charge on any atom is -0.481 e. The van der Waals surface area contributed by atoms with Crippen molar-refractivity contribution in [3.8, 4) is 0 Å². The van der Waals surface area contributed by atoms with Crippen molar-refractivity contribution in [1.82, 2.24) is 10.2 Å². The van der Waals surface area contributed by atoms with Crippen molar-refractivity contribution in [2.45, 2.75) is 18.9 Å². The zero-order chi connectivity index (χ0) is 17.8. The first-order valence-electron chi connectivity index (χ1n) is 6.27. The summed E-state index contributed by atoms with van der Waals surface area (Å²) in [5.41, 5.74) is 0. The lowest BCUT2D eigenvalue weighted by atomic mass is 10.2. The first-order chi connectivity index (χ1) is 10.7. The Kier molecular flexibility index (Phi) is 9.99. The molecule has 1 amide bonds. The fraction of sp³-hybridized carbons (Fsp3) is 0.636. The van der Waals surface area contributed by atoms with Crippen LogP contribution in [-0.2, 0) is 23.9 Å². The molecule has 0 spiro atoms. The largest absolute Gasteiger partial charge is 0.481 e. The molecule has 5 N–H and O–H groups in total. The van der Waals surface area contributed by atoms with Gasteiger partial charge in [-0.05, 0) is 0 Å². The lowest BCUT2D eigenvalue weighted by molar-refractivity contribution is -0.147. The van der Waals surface area contributed by atoms with Gasteiger partial charge >= 0.3 is 24.0 Å². The summed E-state index contributed by atoms with van der Waals surface area (Å²) in [4.78, 5) is 43.0. The molecule has 0 saturated heterocycles. The predicted octanol–water partition coefficient (Wildman–Crippen LogP) is -1.14. The fourth-order valence-corrected chi connectivity index (χ4v) is 1.27. The molecule has 0 aliphatic carbocycles. The van der Waals surface area contributed by atoms with E-state index in [0.29, 0.717) is 0 Å². The van der Waals surface area contributed by atoms with E-state index in [9.17, 15) is 19.2 Å². The third-order valence-corrected chi connectivity index (χ3v) is 2.39. The molecule has 0 saturated carbocycles. The highest BCUT2D eigenvalue weighted by Gasteiger charge is 2.20. The van der Waals surface area contributed by atoms with Crippen LogP contribution in [0.15, 0.2) is 0 Å². The molecule has 0 aliphatic rings. The second-order valence-electron chi connectivity index (χ2n) is 4.18. The third kappa shape index (κ3) is 10.9. The van der Waals surface area contributed by atoms with Crippen LogP contribution in [0.5, 0.6) is 0 Å². The van der Waals surface area contributed by atoms with Crippen LogP contribution in [0.4, 0.5) is 4.79 Å². The number of aliphatic carboxylic acids is 3. The van der Waals surface area contributed by atoms with Gasteiger partial charge in [-0.15, -0.1) is 0 Å². The Hall–Kier alpha value is -2.44. The zero-order valence-corrected chi connectivity index (χ0v) is 12.0. The standard InChI is InChI=1S/C11H18N2O10/c14-8(15)1-2-13(11(20)21)5-23-6-22-4-12-7(10(18)19)3-9(16)17/h7,12H,1-6H2,(H,14,15)(H,16,17)(H,18,19)(H,20,21). The van der Waals surface area contributed by atoms with Crippen molar-refractivity contribution in [3.63, 3.8) is 0 Å². The monoisotopic (exact) mass is 338 g/mol. The maximum Gasteiger partial charge on any atom is 0.409 e. The number of carboxylic acids is 3. The average Bonchev–Trinajstić information content (AvgIpc) is 2.42. The zero-order valence-electron chi connectivity index (χ0n) is 12.0. The normalized spacial score (nSPS) is 11.7. The molecule has 0 heterocycles. The smallest absolute Gasteiger partial charge is 0.409 e. The Morgan fingerprint density at radius 2 is 1.65 bits per heavy atom. The highest BCUT2D eigenvalue weighted by molar-refractivity contribution is 5.80. The van der Waals surface area contributed by atoms with Crippen LogP contribution in [0.25, 0.3) is 0 Å². The van der Waals surface area contributed by atoms with Crippen LogP contribution in [-0.4, -0.2) is 82.2 Å². The Bertz CT molecular complexity index is 427. The number of carbonyl (C=O) groups is 4. The van der Waals surface area contributed by atoms with Crippen molar-refractivity contribution >= 4 is 24.0 Å². The Labute approximate surface area is 130 Å². The SMILES string of the molecule is O=C(O)CCN(COCOCNC(CC(=O)O)C(=O)O)C(=O)O. The second kappa shape index (κ2) is 11.2. The molecule has 0 radical (unpaired) electrons. The van der Waals surface area contributed by atoms with Crippen LogP contribution in [0.1, 0.15) is 12.8 Å². The molecule has 12 heteroatoms. The van der Waals surface area contributed by atoms with Gasteiger partial charge < -0.3 is 29.9 Å². The first-order valence-corrected chi connectivity index (χ1v) is 6.27. The van der Waals surface area contributed by atoms with Gasteiger partial charge in [0.1, 0.15) is 19.5 Å². The number of hydrogen-bond donors (Lipinski definition) is 5. The molecule has 12 nitrogen and oxygen atoms in total. The van der Waals surface area contributed by atoms with Gasteiger partial charge in [-0.1, -0.05) is 0 Å². The van der Waals surface area contributed by atoms with Crippen molar-refractivity contribution in [2.24, 2.45) is 0 Å². The van der Waals surface area contributed by atoms with E-state index in [1.807, 2.05) is 0 Å². The maximum atomic E-state index is 10.8. The molecule has 1 unspecified atom stereocenters. The summed E-state index contributed by atoms with van der Waals surface area (Å²) in [7, 11) is 0. The Morgan fingerprint density at radius 1 is 1.00 bits per heavy atom. The van der Waals surface area contributed by atoms with Crippen LogP contribution in [0, 0.1) is 0 Å². The summed E-state index contributed by atoms with van der Waals surface area (Å²) in [5.74, 6) is -3.81. The van der Waals surface area contributed by atoms with E-state index in [1.54, 1.807) is 0 Å². The van der Waals surface area contributed by atoms with Gasteiger partial charge in [0.25, 0.3) is 0 Å². The molecule has 0 fully saturated rings. The number of amides is 1. The maximum absolute atomic E-state index is 10.8. The van der Waals surface area contributed by atoms with E-state index < -0.39 is 50.0 Å². The van der Waals surface area contributed by atoms with E-state index >= 15 is 0 Å². The fourth-order valence-electron chi connectivity index (χ4n) is 1.27. The highest BCUT2D eigenvalue weighted by Crippen LogP contribution is 1.95. The van der Waals surface area contributed by atoms with Crippen molar-refractivity contribution in [3.05, 3.63) is 0 Å². The topological polar surface area (TPSA) is 183 Å². The molecule has 0 rings (SSSR count). The summed E-state index contributed by atoms with van der Waals surface area (Å²) in [6.45, 7) is -1.42. The van der Waals surface area contributed by atoms with E-state index in [-0.39, 0.29) is 19.7 Å². The number of carboxylic acid groups (broad SMARTS) is 4. The summed E-state index contributed by atoms with van der Waals surface area (Å²) in [6.07, 6.45) is -2.38. The van der Waals surface area contributed by atoms with Crippen molar-refractivity contribution < 1.29 is 49.1 Å². The summed E-state index contributed by atoms with van der Waals surface area (Å²) < 4.78 is 9.67. The number of nitrogens with zero attached hydrogens (tertiary/aromatic N) is 1. The molecule has 0 aliphatic heterocycles. The minimum atomic E-state index is -1.36. The van der Waals surface area contributed by atoms with E-state index in [2.05, 4.69) is 5.32 Å². The molecular formula is C11H18N2O10. The number of nitrogens with one attached hydrogen (secondary N) is 1. The lowest BCUT2D eigenvalue weighted by Gasteiger charge is -2.18. The molecule has 0 bridgehead atoms. The summed E-state index contributed by atoms with van der Waals surface area (Å²) in [6, 6.07) is -1.33. The van der Waals surface area contributed by atoms with Crippen molar-refractivity contribution in [2.75, 3.05) is 26.8 Å². The first kappa shape index (κ1) is 20.6. The molecule has 0 aromatic carbocycles. The Balaban J connectivity index is 3.92. The van der Waals surface area contributed by atoms with Crippen LogP contribution in [0.2, 0.25) is 0 Å². The van der Waals surface area contributed by atoms with Crippen molar-refractivity contribution in [1.29, 1.82) is 0 Å². The molecule has 132 valence electrons. The molecule has 0 aromatic rings. The molecular weight excluding hydrogens is 320 g/mol. The summed E-state index contributed by atoms with van der Waals surface area (Å²) >= 11 is 0. The number of hydrogen-bond acceptors (Lipinski definition) is 7. The quantitative estimate of drug-likeness (QED) is 0.202. The van der Waals surface area contributed by atoms with Gasteiger partial charge in [0, 0.05) is 6.54 Å². The summed E-state index contributed by atoms with van der Waals surface area (Å²) in [5, 5.41) is 36.8. The van der Waals surface area contributed by atoms with Crippen LogP contribution < -0.4 is 5.32 Å². The molecule has 0 aromatic heterocycles. The van der Waals surface area contributed by atoms with Gasteiger partial charge in [-0.2, -0.15) is 0 Å². The van der Waals surface area contributed by atoms with Gasteiger partial charge in [0.05, 0.1) is 12.8 Å². The number of rotatable bonds is 13. The molecule has 1 atom stereocenters. The van der Waals surface area contributed by atoms with E-state index in [1.165, 1.54) is 0 Å². The second-order valence-corrected chi connectivity index (χ2v) is 4.18. The van der Waals surface area contributed by atoms with E-state index in [0.717, 1.165) is 4.90 Å². The van der Waals surface area contributed by atoms with Gasteiger partial charge in [-0.25, -0.2) is 4.79 Å². The van der Waals surface area contributed by atoms with Gasteiger partial charge in [0.2, 0.25) is 0 Å². The third-order valence-electron chi connectivity index (χ3n) is 2.39. The lowest BCUT2D eigenvalue weighted by Crippen LogP contribution is -2.40. The van der Waals surface area contributed by atoms with Gasteiger partial charge in [-0.3, -0.25) is 24.6 Å². The van der Waals surface area contributed by atoms with Crippen LogP contribution >= 0.6 is 0 Å². The average molecular weight is 338 g/mol. The minimum absolute atomic E-state index is 0.261. The van der Waals surface area contributed by atoms with Gasteiger partial charge in [0.15, 0.2) is 6.79 Å². The Morgan fingerprint density at radius 3 is 2.13 bits per heavy atom. The molecule has 23 heavy (non-hydrogen) atoms. The number of ether oxygens (including phenoxy) is 2. The highest BCUT2D eigenvalue weighted by atomic mass is 16.7. The predicted molar refractivity (Wildman–Crippen MR) is 70.6 cm³/mol. The van der Waals surface area contributed by atoms with E-state index in [4.69, 9.17) is 29.9 Å².